The van der Waals surface area contributed by atoms with E-state index in [1.54, 1.807) is 0 Å². The first-order valence-corrected chi connectivity index (χ1v) is 11.6. The average molecular weight is 446 g/mol. The number of amides is 1. The molecule has 3 heterocycles. The number of H-pyrrole nitrogens is 1. The number of aromatic amines is 1. The van der Waals surface area contributed by atoms with Crippen molar-refractivity contribution < 1.29 is 14.3 Å². The molecule has 0 bridgehead atoms. The lowest BCUT2D eigenvalue weighted by Gasteiger charge is -2.26. The van der Waals surface area contributed by atoms with Gasteiger partial charge >= 0.3 is 0 Å². The van der Waals surface area contributed by atoms with E-state index in [1.807, 2.05) is 45.0 Å². The Kier molecular flexibility index (Phi) is 6.01. The van der Waals surface area contributed by atoms with Crippen LogP contribution >= 0.6 is 23.1 Å². The molecule has 1 amide bonds. The maximum atomic E-state index is 12.5. The summed E-state index contributed by atoms with van der Waals surface area (Å²) in [4.78, 5) is 34.1. The maximum absolute atomic E-state index is 12.5. The van der Waals surface area contributed by atoms with Crippen LogP contribution in [0.2, 0.25) is 0 Å². The lowest BCUT2D eigenvalue weighted by atomic mass is 10.2. The minimum atomic E-state index is -0.297. The van der Waals surface area contributed by atoms with E-state index in [9.17, 15) is 9.59 Å². The third kappa shape index (κ3) is 4.32. The highest BCUT2D eigenvalue weighted by atomic mass is 32.2. The predicted octanol–water partition coefficient (Wildman–Crippen LogP) is 3.18. The molecule has 1 aliphatic rings. The molecule has 1 aliphatic heterocycles. The van der Waals surface area contributed by atoms with Crippen molar-refractivity contribution in [2.75, 3.05) is 13.2 Å². The largest absolute Gasteiger partial charge is 0.486 e. The van der Waals surface area contributed by atoms with Gasteiger partial charge in [0.1, 0.15) is 23.4 Å². The van der Waals surface area contributed by atoms with Crippen LogP contribution in [0.5, 0.6) is 11.5 Å². The molecule has 4 rings (SSSR count). The van der Waals surface area contributed by atoms with E-state index < -0.39 is 0 Å². The number of nitrogens with zero attached hydrogens (tertiary/aromatic N) is 1. The van der Waals surface area contributed by atoms with Gasteiger partial charge in [0.15, 0.2) is 11.5 Å². The number of hydrogen-bond donors (Lipinski definition) is 2. The number of benzene rings is 1. The fourth-order valence-electron chi connectivity index (χ4n) is 3.17. The SMILES string of the molecule is Cc1sc2nc(CSC(C)C(=O)NCC3COc4ccccc4O3)[nH]c(=O)c2c1C. The number of nitrogens with one attached hydrogen (secondary N) is 2. The summed E-state index contributed by atoms with van der Waals surface area (Å²) in [5, 5.41) is 3.28. The van der Waals surface area contributed by atoms with Crippen LogP contribution in [0.4, 0.5) is 0 Å². The van der Waals surface area contributed by atoms with Crippen LogP contribution in [0.15, 0.2) is 29.1 Å². The quantitative estimate of drug-likeness (QED) is 0.605. The molecule has 0 radical (unpaired) electrons. The van der Waals surface area contributed by atoms with Crippen molar-refractivity contribution in [1.82, 2.24) is 15.3 Å². The molecule has 2 aromatic heterocycles. The number of rotatable bonds is 6. The number of carbonyl (C=O) groups is 1. The summed E-state index contributed by atoms with van der Waals surface area (Å²) in [6, 6.07) is 7.49. The Hall–Kier alpha value is -2.52. The Morgan fingerprint density at radius 3 is 2.93 bits per heavy atom. The highest BCUT2D eigenvalue weighted by molar-refractivity contribution is 7.99. The molecule has 2 unspecified atom stereocenters. The molecule has 30 heavy (non-hydrogen) atoms. The fourth-order valence-corrected chi connectivity index (χ4v) is 5.00. The van der Waals surface area contributed by atoms with Crippen LogP contribution < -0.4 is 20.3 Å². The second-order valence-electron chi connectivity index (χ2n) is 7.17. The summed E-state index contributed by atoms with van der Waals surface area (Å²) in [6.07, 6.45) is -0.230. The summed E-state index contributed by atoms with van der Waals surface area (Å²) in [7, 11) is 0. The summed E-state index contributed by atoms with van der Waals surface area (Å²) in [5.74, 6) is 2.35. The molecule has 158 valence electrons. The topological polar surface area (TPSA) is 93.3 Å². The Bertz CT molecular complexity index is 1140. The Balaban J connectivity index is 1.30. The third-order valence-corrected chi connectivity index (χ3v) is 7.25. The van der Waals surface area contributed by atoms with Gasteiger partial charge in [-0.1, -0.05) is 12.1 Å². The van der Waals surface area contributed by atoms with Gasteiger partial charge < -0.3 is 19.8 Å². The van der Waals surface area contributed by atoms with Crippen molar-refractivity contribution in [2.24, 2.45) is 0 Å². The summed E-state index contributed by atoms with van der Waals surface area (Å²) in [5.41, 5.74) is 0.858. The molecular weight excluding hydrogens is 422 g/mol. The fraction of sp³-hybridized carbons (Fsp3) is 0.381. The molecule has 9 heteroatoms. The zero-order chi connectivity index (χ0) is 21.3. The molecule has 0 spiro atoms. The van der Waals surface area contributed by atoms with E-state index in [1.165, 1.54) is 23.1 Å². The number of carbonyl (C=O) groups excluding carboxylic acids is 1. The van der Waals surface area contributed by atoms with Gasteiger partial charge in [-0.3, -0.25) is 9.59 Å². The van der Waals surface area contributed by atoms with Gasteiger partial charge in [0.25, 0.3) is 5.56 Å². The first kappa shape index (κ1) is 20.7. The number of ether oxygens (including phenoxy) is 2. The first-order chi connectivity index (χ1) is 14.4. The van der Waals surface area contributed by atoms with E-state index >= 15 is 0 Å². The van der Waals surface area contributed by atoms with Crippen LogP contribution in [0.3, 0.4) is 0 Å². The molecule has 0 aliphatic carbocycles. The lowest BCUT2D eigenvalue weighted by molar-refractivity contribution is -0.120. The van der Waals surface area contributed by atoms with Crippen molar-refractivity contribution in [3.8, 4) is 11.5 Å². The number of thiophene rings is 1. The molecule has 0 fully saturated rings. The standard InChI is InChI=1S/C21H23N3O4S2/c1-11-12(2)30-21-18(11)20(26)23-17(24-21)10-29-13(3)19(25)22-8-14-9-27-15-6-4-5-7-16(15)28-14/h4-7,13-14H,8-10H2,1-3H3,(H,22,25)(H,23,24,26). The smallest absolute Gasteiger partial charge is 0.259 e. The molecule has 7 nitrogen and oxygen atoms in total. The molecular formula is C21H23N3O4S2. The number of thioether (sulfide) groups is 1. The predicted molar refractivity (Wildman–Crippen MR) is 120 cm³/mol. The van der Waals surface area contributed by atoms with Gasteiger partial charge in [0, 0.05) is 4.88 Å². The molecule has 2 atom stereocenters. The van der Waals surface area contributed by atoms with Gasteiger partial charge in [0.05, 0.1) is 22.9 Å². The van der Waals surface area contributed by atoms with Gasteiger partial charge in [-0.05, 0) is 38.5 Å². The highest BCUT2D eigenvalue weighted by Crippen LogP contribution is 2.30. The second kappa shape index (κ2) is 8.69. The van der Waals surface area contributed by atoms with E-state index in [0.29, 0.717) is 35.9 Å². The highest BCUT2D eigenvalue weighted by Gasteiger charge is 2.22. The van der Waals surface area contributed by atoms with Crippen molar-refractivity contribution in [3.63, 3.8) is 0 Å². The molecule has 3 aromatic rings. The van der Waals surface area contributed by atoms with Crippen LogP contribution in [0.1, 0.15) is 23.2 Å². The molecule has 1 aromatic carbocycles. The minimum Gasteiger partial charge on any atom is -0.486 e. The van der Waals surface area contributed by atoms with Gasteiger partial charge in [0.2, 0.25) is 5.91 Å². The van der Waals surface area contributed by atoms with Crippen LogP contribution in [0, 0.1) is 13.8 Å². The Labute approximate surface area is 182 Å². The third-order valence-electron chi connectivity index (χ3n) is 5.00. The number of fused-ring (bicyclic) bond motifs is 2. The second-order valence-corrected chi connectivity index (χ2v) is 9.70. The average Bonchev–Trinajstić information content (AvgIpc) is 3.03. The Morgan fingerprint density at radius 2 is 2.13 bits per heavy atom. The monoisotopic (exact) mass is 445 g/mol. The maximum Gasteiger partial charge on any atom is 0.259 e. The first-order valence-electron chi connectivity index (χ1n) is 9.69. The molecule has 2 N–H and O–H groups in total. The summed E-state index contributed by atoms with van der Waals surface area (Å²) < 4.78 is 11.5. The van der Waals surface area contributed by atoms with Crippen LogP contribution in [-0.2, 0) is 10.5 Å². The summed E-state index contributed by atoms with van der Waals surface area (Å²) in [6.45, 7) is 6.52. The van der Waals surface area contributed by atoms with E-state index in [4.69, 9.17) is 9.47 Å². The van der Waals surface area contributed by atoms with Crippen molar-refractivity contribution in [2.45, 2.75) is 37.9 Å². The van der Waals surface area contributed by atoms with Gasteiger partial charge in [-0.25, -0.2) is 4.98 Å². The van der Waals surface area contributed by atoms with Crippen molar-refractivity contribution in [1.29, 1.82) is 0 Å². The lowest BCUT2D eigenvalue weighted by Crippen LogP contribution is -2.42. The van der Waals surface area contributed by atoms with Gasteiger partial charge in [-0.2, -0.15) is 0 Å². The number of para-hydroxylation sites is 2. The van der Waals surface area contributed by atoms with Crippen LogP contribution in [-0.4, -0.2) is 40.4 Å². The zero-order valence-electron chi connectivity index (χ0n) is 17.0. The van der Waals surface area contributed by atoms with E-state index in [0.717, 1.165) is 21.0 Å². The number of hydrogen-bond acceptors (Lipinski definition) is 7. The zero-order valence-corrected chi connectivity index (χ0v) is 18.6. The number of aromatic nitrogens is 2. The van der Waals surface area contributed by atoms with Gasteiger partial charge in [-0.15, -0.1) is 23.1 Å². The minimum absolute atomic E-state index is 0.0892. The van der Waals surface area contributed by atoms with E-state index in [2.05, 4.69) is 15.3 Å². The van der Waals surface area contributed by atoms with E-state index in [-0.39, 0.29) is 22.8 Å². The van der Waals surface area contributed by atoms with Crippen LogP contribution in [0.25, 0.3) is 10.2 Å². The molecule has 0 saturated carbocycles. The number of aryl methyl sites for hydroxylation is 2. The van der Waals surface area contributed by atoms with Crippen molar-refractivity contribution >= 4 is 39.2 Å². The van der Waals surface area contributed by atoms with Crippen molar-refractivity contribution in [3.05, 3.63) is 50.9 Å². The normalized spacial score (nSPS) is 16.4. The Morgan fingerprint density at radius 1 is 1.37 bits per heavy atom. The molecule has 0 saturated heterocycles. The summed E-state index contributed by atoms with van der Waals surface area (Å²) >= 11 is 2.95.